The van der Waals surface area contributed by atoms with Crippen LogP contribution in [0.3, 0.4) is 0 Å². The van der Waals surface area contributed by atoms with E-state index in [9.17, 15) is 10.2 Å². The third-order valence-electron chi connectivity index (χ3n) is 2.03. The van der Waals surface area contributed by atoms with Gasteiger partial charge in [-0.15, -0.1) is 0 Å². The van der Waals surface area contributed by atoms with Crippen molar-refractivity contribution in [2.45, 2.75) is 13.0 Å². The Hall–Kier alpha value is -1.81. The van der Waals surface area contributed by atoms with E-state index in [1.54, 1.807) is 31.2 Å². The topological polar surface area (TPSA) is 66.5 Å². The lowest BCUT2D eigenvalue weighted by atomic mass is 10.2. The normalized spacial score (nSPS) is 12.7. The molecule has 0 bridgehead atoms. The number of phenolic OH excluding ortho intramolecular Hbond substituents is 1. The Morgan fingerprint density at radius 1 is 1.40 bits per heavy atom. The molecular formula is C11H11NO3. The van der Waals surface area contributed by atoms with Crippen LogP contribution in [0, 0.1) is 0 Å². The Morgan fingerprint density at radius 2 is 2.20 bits per heavy atom. The van der Waals surface area contributed by atoms with Gasteiger partial charge in [0, 0.05) is 5.56 Å². The van der Waals surface area contributed by atoms with Crippen LogP contribution in [0.25, 0.3) is 11.5 Å². The number of nitrogens with zero attached hydrogens (tertiary/aromatic N) is 1. The largest absolute Gasteiger partial charge is 0.508 e. The number of hydrogen-bond acceptors (Lipinski definition) is 4. The van der Waals surface area contributed by atoms with Crippen molar-refractivity contribution in [3.63, 3.8) is 0 Å². The molecule has 78 valence electrons. The maximum absolute atomic E-state index is 9.27. The highest BCUT2D eigenvalue weighted by Crippen LogP contribution is 2.24. The number of phenols is 1. The molecule has 0 aliphatic heterocycles. The zero-order chi connectivity index (χ0) is 10.8. The quantitative estimate of drug-likeness (QED) is 0.787. The van der Waals surface area contributed by atoms with E-state index < -0.39 is 6.10 Å². The predicted octanol–water partition coefficient (Wildman–Crippen LogP) is 2.10. The first-order chi connectivity index (χ1) is 7.16. The Morgan fingerprint density at radius 3 is 2.80 bits per heavy atom. The molecule has 0 saturated heterocycles. The van der Waals surface area contributed by atoms with E-state index in [0.717, 1.165) is 0 Å². The molecule has 0 aliphatic carbocycles. The minimum absolute atomic E-state index is 0.157. The molecule has 0 amide bonds. The minimum atomic E-state index is -0.677. The highest BCUT2D eigenvalue weighted by Gasteiger charge is 2.10. The van der Waals surface area contributed by atoms with Crippen molar-refractivity contribution in [2.24, 2.45) is 0 Å². The van der Waals surface area contributed by atoms with Gasteiger partial charge in [0.1, 0.15) is 11.9 Å². The van der Waals surface area contributed by atoms with Crippen LogP contribution in [0.15, 0.2) is 34.9 Å². The molecule has 2 aromatic rings. The molecule has 1 heterocycles. The summed E-state index contributed by atoms with van der Waals surface area (Å²) in [5.41, 5.74) is 0.682. The summed E-state index contributed by atoms with van der Waals surface area (Å²) in [6, 6.07) is 6.61. The lowest BCUT2D eigenvalue weighted by molar-refractivity contribution is 0.170. The van der Waals surface area contributed by atoms with Crippen LogP contribution in [0.1, 0.15) is 18.8 Å². The summed E-state index contributed by atoms with van der Waals surface area (Å²) in [7, 11) is 0. The summed E-state index contributed by atoms with van der Waals surface area (Å²) < 4.78 is 5.31. The van der Waals surface area contributed by atoms with Crippen LogP contribution in [-0.2, 0) is 0 Å². The lowest BCUT2D eigenvalue weighted by Crippen LogP contribution is -1.85. The summed E-state index contributed by atoms with van der Waals surface area (Å²) in [6.07, 6.45) is 0.799. The second kappa shape index (κ2) is 3.74. The van der Waals surface area contributed by atoms with Crippen molar-refractivity contribution in [2.75, 3.05) is 0 Å². The first-order valence-corrected chi connectivity index (χ1v) is 4.60. The Bertz CT molecular complexity index is 462. The number of aliphatic hydroxyl groups excluding tert-OH is 1. The van der Waals surface area contributed by atoms with Gasteiger partial charge in [-0.2, -0.15) is 0 Å². The molecule has 1 atom stereocenters. The average Bonchev–Trinajstić information content (AvgIpc) is 2.66. The zero-order valence-corrected chi connectivity index (χ0v) is 8.21. The van der Waals surface area contributed by atoms with Gasteiger partial charge in [0.2, 0.25) is 5.89 Å². The van der Waals surface area contributed by atoms with Crippen LogP contribution in [0.2, 0.25) is 0 Å². The fraction of sp³-hybridized carbons (Fsp3) is 0.182. The second-order valence-electron chi connectivity index (χ2n) is 3.29. The monoisotopic (exact) mass is 205 g/mol. The van der Waals surface area contributed by atoms with E-state index in [1.807, 2.05) is 0 Å². The van der Waals surface area contributed by atoms with Crippen molar-refractivity contribution < 1.29 is 14.6 Å². The van der Waals surface area contributed by atoms with Gasteiger partial charge in [0.05, 0.1) is 6.20 Å². The number of oxazole rings is 1. The summed E-state index contributed by atoms with van der Waals surface area (Å²) in [4.78, 5) is 4.01. The van der Waals surface area contributed by atoms with Crippen molar-refractivity contribution in [3.8, 4) is 17.2 Å². The molecule has 4 nitrogen and oxygen atoms in total. The van der Waals surface area contributed by atoms with Gasteiger partial charge in [-0.3, -0.25) is 0 Å². The number of hydrogen-bond donors (Lipinski definition) is 2. The highest BCUT2D eigenvalue weighted by atomic mass is 16.4. The van der Waals surface area contributed by atoms with E-state index in [4.69, 9.17) is 4.42 Å². The fourth-order valence-corrected chi connectivity index (χ4v) is 1.25. The van der Waals surface area contributed by atoms with Crippen molar-refractivity contribution in [1.82, 2.24) is 4.98 Å². The summed E-state index contributed by atoms with van der Waals surface area (Å²) in [5.74, 6) is 0.958. The maximum Gasteiger partial charge on any atom is 0.226 e. The van der Waals surface area contributed by atoms with E-state index in [2.05, 4.69) is 4.98 Å². The molecule has 0 saturated carbocycles. The Labute approximate surface area is 86.8 Å². The maximum atomic E-state index is 9.27. The standard InChI is InChI=1S/C11H11NO3/c1-7(13)10-6-12-11(15-10)8-3-2-4-9(14)5-8/h2-7,13-14H,1H3. The van der Waals surface area contributed by atoms with Gasteiger partial charge in [0.25, 0.3) is 0 Å². The van der Waals surface area contributed by atoms with Gasteiger partial charge in [0.15, 0.2) is 5.76 Å². The summed E-state index contributed by atoms with van der Waals surface area (Å²) in [6.45, 7) is 1.60. The van der Waals surface area contributed by atoms with Crippen LogP contribution in [-0.4, -0.2) is 15.2 Å². The highest BCUT2D eigenvalue weighted by molar-refractivity contribution is 5.55. The third kappa shape index (κ3) is 1.99. The van der Waals surface area contributed by atoms with Gasteiger partial charge in [-0.25, -0.2) is 4.98 Å². The van der Waals surface area contributed by atoms with Crippen molar-refractivity contribution in [3.05, 3.63) is 36.2 Å². The molecule has 1 aromatic carbocycles. The van der Waals surface area contributed by atoms with Crippen LogP contribution < -0.4 is 0 Å². The fourth-order valence-electron chi connectivity index (χ4n) is 1.25. The molecule has 15 heavy (non-hydrogen) atoms. The van der Waals surface area contributed by atoms with Gasteiger partial charge >= 0.3 is 0 Å². The molecule has 0 radical (unpaired) electrons. The molecule has 1 aromatic heterocycles. The number of aliphatic hydroxyl groups is 1. The molecule has 0 fully saturated rings. The molecule has 2 rings (SSSR count). The molecule has 4 heteroatoms. The lowest BCUT2D eigenvalue weighted by Gasteiger charge is -1.98. The summed E-state index contributed by atoms with van der Waals surface area (Å²) >= 11 is 0. The van der Waals surface area contributed by atoms with Gasteiger partial charge in [-0.1, -0.05) is 6.07 Å². The number of rotatable bonds is 2. The van der Waals surface area contributed by atoms with Crippen LogP contribution in [0.5, 0.6) is 5.75 Å². The van der Waals surface area contributed by atoms with Crippen LogP contribution in [0.4, 0.5) is 0 Å². The summed E-state index contributed by atoms with van der Waals surface area (Å²) in [5, 5.41) is 18.5. The number of aromatic hydroxyl groups is 1. The molecule has 0 spiro atoms. The first kappa shape index (κ1) is 9.73. The van der Waals surface area contributed by atoms with E-state index in [-0.39, 0.29) is 5.75 Å². The number of aromatic nitrogens is 1. The SMILES string of the molecule is CC(O)c1cnc(-c2cccc(O)c2)o1. The van der Waals surface area contributed by atoms with E-state index >= 15 is 0 Å². The zero-order valence-electron chi connectivity index (χ0n) is 8.21. The molecule has 1 unspecified atom stereocenters. The van der Waals surface area contributed by atoms with Gasteiger partial charge in [-0.05, 0) is 25.1 Å². The first-order valence-electron chi connectivity index (χ1n) is 4.60. The van der Waals surface area contributed by atoms with Crippen molar-refractivity contribution in [1.29, 1.82) is 0 Å². The second-order valence-corrected chi connectivity index (χ2v) is 3.29. The molecule has 2 N–H and O–H groups in total. The van der Waals surface area contributed by atoms with Gasteiger partial charge < -0.3 is 14.6 Å². The average molecular weight is 205 g/mol. The Kier molecular flexibility index (Phi) is 2.43. The van der Waals surface area contributed by atoms with E-state index in [0.29, 0.717) is 17.2 Å². The van der Waals surface area contributed by atoms with Crippen LogP contribution >= 0.6 is 0 Å². The minimum Gasteiger partial charge on any atom is -0.508 e. The Balaban J connectivity index is 2.37. The van der Waals surface area contributed by atoms with Crippen molar-refractivity contribution >= 4 is 0 Å². The number of benzene rings is 1. The third-order valence-corrected chi connectivity index (χ3v) is 2.03. The smallest absolute Gasteiger partial charge is 0.226 e. The molecule has 0 aliphatic rings. The molecular weight excluding hydrogens is 194 g/mol. The predicted molar refractivity (Wildman–Crippen MR) is 54.2 cm³/mol. The van der Waals surface area contributed by atoms with E-state index in [1.165, 1.54) is 6.20 Å².